The van der Waals surface area contributed by atoms with Gasteiger partial charge in [0.25, 0.3) is 0 Å². The van der Waals surface area contributed by atoms with Gasteiger partial charge in [-0.1, -0.05) is 23.7 Å². The number of halogens is 2. The zero-order valence-corrected chi connectivity index (χ0v) is 12.9. The van der Waals surface area contributed by atoms with Gasteiger partial charge in [-0.25, -0.2) is 4.39 Å². The van der Waals surface area contributed by atoms with Gasteiger partial charge in [-0.15, -0.1) is 0 Å². The Bertz CT molecular complexity index is 823. The molecule has 0 aliphatic heterocycles. The molecule has 0 radical (unpaired) electrons. The van der Waals surface area contributed by atoms with E-state index in [-0.39, 0.29) is 16.5 Å². The van der Waals surface area contributed by atoms with E-state index in [1.54, 1.807) is 6.07 Å². The molecule has 2 aromatic rings. The Balaban J connectivity index is 2.41. The first kappa shape index (κ1) is 16.3. The number of para-hydroxylation sites is 2. The zero-order valence-electron chi connectivity index (χ0n) is 11.3. The Morgan fingerprint density at radius 2 is 1.91 bits per heavy atom. The van der Waals surface area contributed by atoms with Crippen LogP contribution in [0.1, 0.15) is 6.92 Å². The molecule has 0 unspecified atom stereocenters. The minimum absolute atomic E-state index is 0.0990. The molecule has 0 aliphatic rings. The Morgan fingerprint density at radius 3 is 2.59 bits per heavy atom. The lowest BCUT2D eigenvalue weighted by Crippen LogP contribution is -2.13. The number of hydrogen-bond acceptors (Lipinski definition) is 4. The van der Waals surface area contributed by atoms with E-state index < -0.39 is 26.7 Å². The second kappa shape index (κ2) is 6.33. The van der Waals surface area contributed by atoms with E-state index in [9.17, 15) is 17.6 Å². The fourth-order valence-electron chi connectivity index (χ4n) is 1.66. The molecule has 0 fully saturated rings. The lowest BCUT2D eigenvalue weighted by atomic mass is 10.3. The minimum atomic E-state index is -4.35. The van der Waals surface area contributed by atoms with Crippen molar-refractivity contribution >= 4 is 33.3 Å². The average molecular weight is 344 g/mol. The Morgan fingerprint density at radius 1 is 1.23 bits per heavy atom. The normalized spacial score (nSPS) is 11.0. The highest BCUT2D eigenvalue weighted by atomic mass is 35.5. The van der Waals surface area contributed by atoms with Crippen LogP contribution in [0.25, 0.3) is 0 Å². The smallest absolute Gasteiger partial charge is 0.340 e. The zero-order chi connectivity index (χ0) is 16.3. The molecule has 0 heterocycles. The summed E-state index contributed by atoms with van der Waals surface area (Å²) in [6, 6.07) is 8.87. The van der Waals surface area contributed by atoms with Gasteiger partial charge in [-0.2, -0.15) is 8.42 Å². The third-order valence-corrected chi connectivity index (χ3v) is 4.28. The van der Waals surface area contributed by atoms with Crippen molar-refractivity contribution < 1.29 is 21.8 Å². The molecule has 0 atom stereocenters. The quantitative estimate of drug-likeness (QED) is 0.865. The summed E-state index contributed by atoms with van der Waals surface area (Å²) in [7, 11) is -4.35. The Labute approximate surface area is 131 Å². The molecule has 0 saturated heterocycles. The monoisotopic (exact) mass is 343 g/mol. The highest BCUT2D eigenvalue weighted by Crippen LogP contribution is 2.30. The molecule has 116 valence electrons. The predicted octanol–water partition coefficient (Wildman–Crippen LogP) is 3.21. The molecule has 0 saturated carbocycles. The molecule has 22 heavy (non-hydrogen) atoms. The van der Waals surface area contributed by atoms with Crippen LogP contribution < -0.4 is 9.50 Å². The van der Waals surface area contributed by atoms with Gasteiger partial charge in [0, 0.05) is 6.92 Å². The number of nitrogens with one attached hydrogen (secondary N) is 1. The highest BCUT2D eigenvalue weighted by Gasteiger charge is 2.22. The largest absolute Gasteiger partial charge is 0.377 e. The maximum absolute atomic E-state index is 13.2. The van der Waals surface area contributed by atoms with Gasteiger partial charge in [0.05, 0.1) is 10.7 Å². The van der Waals surface area contributed by atoms with E-state index in [1.165, 1.54) is 25.1 Å². The molecule has 2 rings (SSSR count). The SMILES string of the molecule is CC(=O)Nc1ccccc1OS(=O)(=O)c1cc(F)ccc1Cl. The number of rotatable bonds is 4. The molecule has 8 heteroatoms. The van der Waals surface area contributed by atoms with E-state index in [0.29, 0.717) is 0 Å². The molecule has 1 N–H and O–H groups in total. The second-order valence-corrected chi connectivity index (χ2v) is 6.21. The van der Waals surface area contributed by atoms with Crippen LogP contribution in [-0.2, 0) is 14.9 Å². The molecular formula is C14H11ClFNO4S. The van der Waals surface area contributed by atoms with Crippen LogP contribution in [0.4, 0.5) is 10.1 Å². The van der Waals surface area contributed by atoms with Gasteiger partial charge >= 0.3 is 10.1 Å². The minimum Gasteiger partial charge on any atom is -0.377 e. The van der Waals surface area contributed by atoms with Crippen LogP contribution in [0.5, 0.6) is 5.75 Å². The number of amides is 1. The number of carbonyl (C=O) groups is 1. The van der Waals surface area contributed by atoms with Gasteiger partial charge in [-0.05, 0) is 30.3 Å². The molecule has 0 spiro atoms. The van der Waals surface area contributed by atoms with Gasteiger partial charge in [0.15, 0.2) is 5.75 Å². The number of anilines is 1. The highest BCUT2D eigenvalue weighted by molar-refractivity contribution is 7.87. The van der Waals surface area contributed by atoms with Crippen LogP contribution in [0.3, 0.4) is 0 Å². The number of benzene rings is 2. The van der Waals surface area contributed by atoms with Crippen LogP contribution in [0, 0.1) is 5.82 Å². The Hall–Kier alpha value is -2.12. The third-order valence-electron chi connectivity index (χ3n) is 2.56. The first-order valence-corrected chi connectivity index (χ1v) is 7.84. The molecule has 0 aliphatic carbocycles. The van der Waals surface area contributed by atoms with E-state index >= 15 is 0 Å². The van der Waals surface area contributed by atoms with Gasteiger partial charge in [-0.3, -0.25) is 4.79 Å². The number of carbonyl (C=O) groups excluding carboxylic acids is 1. The lowest BCUT2D eigenvalue weighted by molar-refractivity contribution is -0.114. The van der Waals surface area contributed by atoms with Crippen molar-refractivity contribution in [2.75, 3.05) is 5.32 Å². The van der Waals surface area contributed by atoms with Crippen molar-refractivity contribution in [2.24, 2.45) is 0 Å². The molecular weight excluding hydrogens is 333 g/mol. The summed E-state index contributed by atoms with van der Waals surface area (Å²) >= 11 is 5.78. The summed E-state index contributed by atoms with van der Waals surface area (Å²) in [6.07, 6.45) is 0. The fraction of sp³-hybridized carbons (Fsp3) is 0.0714. The summed E-state index contributed by atoms with van der Waals surface area (Å²) < 4.78 is 42.6. The van der Waals surface area contributed by atoms with E-state index in [2.05, 4.69) is 5.32 Å². The molecule has 0 aromatic heterocycles. The van der Waals surface area contributed by atoms with Crippen molar-refractivity contribution in [3.05, 3.63) is 53.3 Å². The predicted molar refractivity (Wildman–Crippen MR) is 80.0 cm³/mol. The van der Waals surface area contributed by atoms with Crippen molar-refractivity contribution in [3.63, 3.8) is 0 Å². The van der Waals surface area contributed by atoms with Gasteiger partial charge < -0.3 is 9.50 Å². The summed E-state index contributed by atoms with van der Waals surface area (Å²) in [5.74, 6) is -1.25. The first-order chi connectivity index (χ1) is 10.3. The molecule has 1 amide bonds. The maximum atomic E-state index is 13.2. The van der Waals surface area contributed by atoms with E-state index in [0.717, 1.165) is 18.2 Å². The summed E-state index contributed by atoms with van der Waals surface area (Å²) in [5, 5.41) is 2.27. The van der Waals surface area contributed by atoms with E-state index in [4.69, 9.17) is 15.8 Å². The summed E-state index contributed by atoms with van der Waals surface area (Å²) in [4.78, 5) is 10.6. The van der Waals surface area contributed by atoms with Crippen LogP contribution in [-0.4, -0.2) is 14.3 Å². The molecule has 0 bridgehead atoms. The lowest BCUT2D eigenvalue weighted by Gasteiger charge is -2.12. The molecule has 2 aromatic carbocycles. The standard InChI is InChI=1S/C14H11ClFNO4S/c1-9(18)17-12-4-2-3-5-13(12)21-22(19,20)14-8-10(16)6-7-11(14)15/h2-8H,1H3,(H,17,18). The fourth-order valence-corrected chi connectivity index (χ4v) is 3.10. The van der Waals surface area contributed by atoms with Gasteiger partial charge in [0.2, 0.25) is 5.91 Å². The first-order valence-electron chi connectivity index (χ1n) is 6.06. The van der Waals surface area contributed by atoms with Crippen LogP contribution >= 0.6 is 11.6 Å². The van der Waals surface area contributed by atoms with Gasteiger partial charge in [0.1, 0.15) is 10.7 Å². The van der Waals surface area contributed by atoms with Crippen molar-refractivity contribution in [3.8, 4) is 5.75 Å². The Kier molecular flexibility index (Phi) is 4.68. The topological polar surface area (TPSA) is 72.5 Å². The second-order valence-electron chi connectivity index (χ2n) is 4.29. The maximum Gasteiger partial charge on any atom is 0.340 e. The summed E-state index contributed by atoms with van der Waals surface area (Å²) in [5.41, 5.74) is 0.172. The van der Waals surface area contributed by atoms with Crippen molar-refractivity contribution in [1.29, 1.82) is 0 Å². The molecule has 5 nitrogen and oxygen atoms in total. The average Bonchev–Trinajstić information content (AvgIpc) is 2.43. The summed E-state index contributed by atoms with van der Waals surface area (Å²) in [6.45, 7) is 1.27. The number of hydrogen-bond donors (Lipinski definition) is 1. The van der Waals surface area contributed by atoms with Crippen molar-refractivity contribution in [2.45, 2.75) is 11.8 Å². The van der Waals surface area contributed by atoms with Crippen LogP contribution in [0.15, 0.2) is 47.4 Å². The van der Waals surface area contributed by atoms with Crippen LogP contribution in [0.2, 0.25) is 5.02 Å². The van der Waals surface area contributed by atoms with E-state index in [1.807, 2.05) is 0 Å². The van der Waals surface area contributed by atoms with Crippen molar-refractivity contribution in [1.82, 2.24) is 0 Å². The third kappa shape index (κ3) is 3.75.